The summed E-state index contributed by atoms with van der Waals surface area (Å²) in [6, 6.07) is 9.53. The van der Waals surface area contributed by atoms with Crippen LogP contribution in [-0.4, -0.2) is 55.6 Å². The van der Waals surface area contributed by atoms with Crippen LogP contribution in [0.25, 0.3) is 0 Å². The minimum absolute atomic E-state index is 0.251. The van der Waals surface area contributed by atoms with E-state index >= 15 is 0 Å². The fourth-order valence-electron chi connectivity index (χ4n) is 2.59. The molecule has 0 spiro atoms. The number of anilines is 1. The number of benzene rings is 1. The lowest BCUT2D eigenvalue weighted by Gasteiger charge is -2.38. The molecule has 2 N–H and O–H groups in total. The molecule has 1 heterocycles. The molecule has 6 heteroatoms. The molecule has 120 valence electrons. The molecule has 3 amide bonds. The SMILES string of the molecule is CCNC(=O)NC(=O)[C@@H](C)N1CCN(c2ccccc2)CC1. The Labute approximate surface area is 131 Å². The molecule has 0 aliphatic carbocycles. The summed E-state index contributed by atoms with van der Waals surface area (Å²) in [5, 5.41) is 4.94. The molecule has 2 rings (SSSR count). The average molecular weight is 304 g/mol. The van der Waals surface area contributed by atoms with E-state index in [0.717, 1.165) is 26.2 Å². The Balaban J connectivity index is 1.83. The van der Waals surface area contributed by atoms with Gasteiger partial charge in [-0.3, -0.25) is 15.0 Å². The van der Waals surface area contributed by atoms with Crippen molar-refractivity contribution in [2.45, 2.75) is 19.9 Å². The van der Waals surface area contributed by atoms with Gasteiger partial charge in [0, 0.05) is 38.4 Å². The predicted molar refractivity (Wildman–Crippen MR) is 86.9 cm³/mol. The molecule has 1 atom stereocenters. The van der Waals surface area contributed by atoms with Crippen molar-refractivity contribution in [3.8, 4) is 0 Å². The number of hydrogen-bond acceptors (Lipinski definition) is 4. The van der Waals surface area contributed by atoms with Crippen LogP contribution in [0.15, 0.2) is 30.3 Å². The van der Waals surface area contributed by atoms with E-state index in [1.165, 1.54) is 5.69 Å². The standard InChI is InChI=1S/C16H24N4O2/c1-3-17-16(22)18-15(21)13(2)19-9-11-20(12-10-19)14-7-5-4-6-8-14/h4-8,13H,3,9-12H2,1-2H3,(H2,17,18,21,22)/t13-/m1/s1. The number of nitrogens with one attached hydrogen (secondary N) is 2. The first-order valence-corrected chi connectivity index (χ1v) is 7.74. The first-order chi connectivity index (χ1) is 10.6. The molecule has 6 nitrogen and oxygen atoms in total. The van der Waals surface area contributed by atoms with E-state index in [1.807, 2.05) is 32.0 Å². The molecular formula is C16H24N4O2. The Kier molecular flexibility index (Phi) is 5.77. The van der Waals surface area contributed by atoms with E-state index < -0.39 is 6.03 Å². The van der Waals surface area contributed by atoms with Crippen molar-refractivity contribution in [1.29, 1.82) is 0 Å². The first kappa shape index (κ1) is 16.3. The van der Waals surface area contributed by atoms with Gasteiger partial charge in [-0.25, -0.2) is 4.79 Å². The maximum absolute atomic E-state index is 12.1. The molecular weight excluding hydrogens is 280 g/mol. The number of carbonyl (C=O) groups excluding carboxylic acids is 2. The van der Waals surface area contributed by atoms with Crippen LogP contribution >= 0.6 is 0 Å². The van der Waals surface area contributed by atoms with Gasteiger partial charge in [-0.2, -0.15) is 0 Å². The number of para-hydroxylation sites is 1. The lowest BCUT2D eigenvalue weighted by atomic mass is 10.2. The van der Waals surface area contributed by atoms with Crippen molar-refractivity contribution >= 4 is 17.6 Å². The highest BCUT2D eigenvalue weighted by Crippen LogP contribution is 2.16. The number of nitrogens with zero attached hydrogens (tertiary/aromatic N) is 2. The number of piperazine rings is 1. The zero-order valence-corrected chi connectivity index (χ0v) is 13.2. The molecule has 0 unspecified atom stereocenters. The maximum Gasteiger partial charge on any atom is 0.321 e. The fraction of sp³-hybridized carbons (Fsp3) is 0.500. The highest BCUT2D eigenvalue weighted by Gasteiger charge is 2.26. The predicted octanol–water partition coefficient (Wildman–Crippen LogP) is 1.04. The summed E-state index contributed by atoms with van der Waals surface area (Å²) in [7, 11) is 0. The Bertz CT molecular complexity index is 498. The third-order valence-corrected chi connectivity index (χ3v) is 3.94. The van der Waals surface area contributed by atoms with E-state index in [0.29, 0.717) is 6.54 Å². The van der Waals surface area contributed by atoms with Gasteiger partial charge in [0.15, 0.2) is 0 Å². The smallest absolute Gasteiger partial charge is 0.321 e. The van der Waals surface area contributed by atoms with Crippen molar-refractivity contribution < 1.29 is 9.59 Å². The van der Waals surface area contributed by atoms with Gasteiger partial charge in [-0.05, 0) is 26.0 Å². The molecule has 1 aromatic rings. The lowest BCUT2D eigenvalue weighted by Crippen LogP contribution is -2.55. The highest BCUT2D eigenvalue weighted by atomic mass is 16.2. The zero-order chi connectivity index (χ0) is 15.9. The van der Waals surface area contributed by atoms with Crippen LogP contribution in [0.4, 0.5) is 10.5 Å². The second-order valence-corrected chi connectivity index (χ2v) is 5.38. The van der Waals surface area contributed by atoms with Gasteiger partial charge in [0.25, 0.3) is 0 Å². The molecule has 0 aromatic heterocycles. The third-order valence-electron chi connectivity index (χ3n) is 3.94. The van der Waals surface area contributed by atoms with Crippen molar-refractivity contribution in [2.75, 3.05) is 37.6 Å². The van der Waals surface area contributed by atoms with Crippen molar-refractivity contribution in [3.63, 3.8) is 0 Å². The van der Waals surface area contributed by atoms with E-state index in [4.69, 9.17) is 0 Å². The van der Waals surface area contributed by atoms with Gasteiger partial charge in [0.1, 0.15) is 0 Å². The van der Waals surface area contributed by atoms with Gasteiger partial charge < -0.3 is 10.2 Å². The van der Waals surface area contributed by atoms with Crippen LogP contribution in [0.1, 0.15) is 13.8 Å². The second-order valence-electron chi connectivity index (χ2n) is 5.38. The Morgan fingerprint density at radius 3 is 2.36 bits per heavy atom. The van der Waals surface area contributed by atoms with Crippen LogP contribution in [-0.2, 0) is 4.79 Å². The Morgan fingerprint density at radius 2 is 1.77 bits per heavy atom. The normalized spacial score (nSPS) is 16.9. The molecule has 0 bridgehead atoms. The molecule has 1 aliphatic heterocycles. The molecule has 22 heavy (non-hydrogen) atoms. The summed E-state index contributed by atoms with van der Waals surface area (Å²) in [4.78, 5) is 27.9. The number of hydrogen-bond donors (Lipinski definition) is 2. The Hall–Kier alpha value is -2.08. The molecule has 0 saturated carbocycles. The largest absolute Gasteiger partial charge is 0.369 e. The van der Waals surface area contributed by atoms with Crippen molar-refractivity contribution in [3.05, 3.63) is 30.3 Å². The monoisotopic (exact) mass is 304 g/mol. The lowest BCUT2D eigenvalue weighted by molar-refractivity contribution is -0.124. The number of imide groups is 1. The maximum atomic E-state index is 12.1. The summed E-state index contributed by atoms with van der Waals surface area (Å²) in [6.07, 6.45) is 0. The first-order valence-electron chi connectivity index (χ1n) is 7.74. The second kappa shape index (κ2) is 7.79. The third kappa shape index (κ3) is 4.21. The van der Waals surface area contributed by atoms with Crippen LogP contribution < -0.4 is 15.5 Å². The van der Waals surface area contributed by atoms with E-state index in [2.05, 4.69) is 32.6 Å². The number of amides is 3. The Morgan fingerprint density at radius 1 is 1.14 bits per heavy atom. The van der Waals surface area contributed by atoms with E-state index in [1.54, 1.807) is 0 Å². The van der Waals surface area contributed by atoms with Gasteiger partial charge in [0.05, 0.1) is 6.04 Å². The van der Waals surface area contributed by atoms with E-state index in [9.17, 15) is 9.59 Å². The number of urea groups is 1. The van der Waals surface area contributed by atoms with E-state index in [-0.39, 0.29) is 11.9 Å². The van der Waals surface area contributed by atoms with Crippen LogP contribution in [0.2, 0.25) is 0 Å². The van der Waals surface area contributed by atoms with Crippen LogP contribution in [0, 0.1) is 0 Å². The summed E-state index contributed by atoms with van der Waals surface area (Å²) >= 11 is 0. The molecule has 1 aliphatic rings. The zero-order valence-electron chi connectivity index (χ0n) is 13.2. The van der Waals surface area contributed by atoms with Crippen LogP contribution in [0.3, 0.4) is 0 Å². The summed E-state index contributed by atoms with van der Waals surface area (Å²) in [5.74, 6) is -0.251. The molecule has 1 saturated heterocycles. The summed E-state index contributed by atoms with van der Waals surface area (Å²) < 4.78 is 0. The van der Waals surface area contributed by atoms with Crippen LogP contribution in [0.5, 0.6) is 0 Å². The summed E-state index contributed by atoms with van der Waals surface area (Å²) in [5.41, 5.74) is 1.21. The van der Waals surface area contributed by atoms with Crippen molar-refractivity contribution in [1.82, 2.24) is 15.5 Å². The summed E-state index contributed by atoms with van der Waals surface area (Å²) in [6.45, 7) is 7.52. The quantitative estimate of drug-likeness (QED) is 0.872. The highest BCUT2D eigenvalue weighted by molar-refractivity contribution is 5.96. The average Bonchev–Trinajstić information content (AvgIpc) is 2.55. The number of rotatable bonds is 4. The van der Waals surface area contributed by atoms with Gasteiger partial charge in [0.2, 0.25) is 5.91 Å². The van der Waals surface area contributed by atoms with Gasteiger partial charge in [-0.1, -0.05) is 18.2 Å². The van der Waals surface area contributed by atoms with Crippen molar-refractivity contribution in [2.24, 2.45) is 0 Å². The fourth-order valence-corrected chi connectivity index (χ4v) is 2.59. The topological polar surface area (TPSA) is 64.7 Å². The minimum atomic E-state index is -0.428. The van der Waals surface area contributed by atoms with Gasteiger partial charge in [-0.15, -0.1) is 0 Å². The minimum Gasteiger partial charge on any atom is -0.369 e. The molecule has 1 fully saturated rings. The molecule has 1 aromatic carbocycles. The number of carbonyl (C=O) groups is 2. The molecule has 0 radical (unpaired) electrons. The van der Waals surface area contributed by atoms with Gasteiger partial charge >= 0.3 is 6.03 Å².